The number of carbonyl (C=O) groups excluding carboxylic acids is 1. The molecule has 6 nitrogen and oxygen atoms in total. The van der Waals surface area contributed by atoms with E-state index in [1.54, 1.807) is 24.3 Å². The number of Topliss-reactive ketones (excluding diaryl/α,β-unsaturated/α-hetero) is 1. The zero-order chi connectivity index (χ0) is 21.8. The minimum Gasteiger partial charge on any atom is -0.454 e. The van der Waals surface area contributed by atoms with Crippen molar-refractivity contribution in [2.75, 3.05) is 39.2 Å². The molecular formula is C23H22ClN3O3S. The Bertz CT molecular complexity index is 1040. The lowest BCUT2D eigenvalue weighted by Crippen LogP contribution is -2.45. The van der Waals surface area contributed by atoms with Crippen LogP contribution in [0.4, 0.5) is 0 Å². The molecule has 4 rings (SSSR count). The zero-order valence-electron chi connectivity index (χ0n) is 17.1. The minimum absolute atomic E-state index is 0.180. The Morgan fingerprint density at radius 1 is 1.10 bits per heavy atom. The molecule has 2 aliphatic heterocycles. The molecule has 0 aromatic heterocycles. The van der Waals surface area contributed by atoms with Crippen LogP contribution >= 0.6 is 23.4 Å². The second-order valence-electron chi connectivity index (χ2n) is 7.28. The number of nitrogens with zero attached hydrogens (tertiary/aromatic N) is 3. The Morgan fingerprint density at radius 2 is 1.81 bits per heavy atom. The van der Waals surface area contributed by atoms with Gasteiger partial charge in [0.2, 0.25) is 12.6 Å². The molecule has 0 unspecified atom stereocenters. The van der Waals surface area contributed by atoms with Crippen LogP contribution in [0.2, 0.25) is 5.02 Å². The van der Waals surface area contributed by atoms with E-state index in [0.717, 1.165) is 49.3 Å². The number of ketones is 1. The predicted octanol–water partition coefficient (Wildman–Crippen LogP) is 4.17. The topological polar surface area (TPSA) is 65.8 Å². The molecule has 0 aliphatic carbocycles. The number of hydrogen-bond acceptors (Lipinski definition) is 7. The van der Waals surface area contributed by atoms with Gasteiger partial charge in [0.15, 0.2) is 11.5 Å². The standard InChI is InChI=1S/C23H22ClN3O3S/c1-31-23(19(13-25)22(28)17-3-5-18(24)6-4-17)27-10-8-26(9-11-27)14-16-2-7-20-21(12-16)30-15-29-20/h2-7,12H,8-11,14-15H2,1H3/b23-19-. The van der Waals surface area contributed by atoms with Gasteiger partial charge < -0.3 is 14.4 Å². The molecule has 2 aromatic rings. The molecule has 8 heteroatoms. The van der Waals surface area contributed by atoms with Gasteiger partial charge >= 0.3 is 0 Å². The first-order valence-electron chi connectivity index (χ1n) is 9.93. The van der Waals surface area contributed by atoms with Gasteiger partial charge in [0.25, 0.3) is 0 Å². The van der Waals surface area contributed by atoms with Crippen molar-refractivity contribution in [2.24, 2.45) is 0 Å². The maximum atomic E-state index is 12.9. The molecule has 0 bridgehead atoms. The Balaban J connectivity index is 1.43. The monoisotopic (exact) mass is 455 g/mol. The Morgan fingerprint density at radius 3 is 2.48 bits per heavy atom. The summed E-state index contributed by atoms with van der Waals surface area (Å²) in [7, 11) is 0. The first kappa shape index (κ1) is 21.6. The molecule has 1 saturated heterocycles. The van der Waals surface area contributed by atoms with Gasteiger partial charge in [-0.1, -0.05) is 17.7 Å². The summed E-state index contributed by atoms with van der Waals surface area (Å²) in [4.78, 5) is 17.4. The fraction of sp³-hybridized carbons (Fsp3) is 0.304. The van der Waals surface area contributed by atoms with E-state index in [2.05, 4.69) is 21.9 Å². The van der Waals surface area contributed by atoms with E-state index in [4.69, 9.17) is 21.1 Å². The van der Waals surface area contributed by atoms with Crippen molar-refractivity contribution in [3.05, 3.63) is 69.2 Å². The number of benzene rings is 2. The van der Waals surface area contributed by atoms with E-state index in [-0.39, 0.29) is 18.1 Å². The van der Waals surface area contributed by atoms with Crippen LogP contribution in [0.1, 0.15) is 15.9 Å². The highest BCUT2D eigenvalue weighted by Crippen LogP contribution is 2.33. The molecular weight excluding hydrogens is 434 g/mol. The summed E-state index contributed by atoms with van der Waals surface area (Å²) in [6.07, 6.45) is 1.90. The van der Waals surface area contributed by atoms with Gasteiger partial charge in [-0.2, -0.15) is 5.26 Å². The van der Waals surface area contributed by atoms with Crippen LogP contribution in [0.3, 0.4) is 0 Å². The van der Waals surface area contributed by atoms with E-state index in [0.29, 0.717) is 10.6 Å². The summed E-state index contributed by atoms with van der Waals surface area (Å²) in [5, 5.41) is 11.0. The van der Waals surface area contributed by atoms with Crippen LogP contribution in [-0.4, -0.2) is 54.8 Å². The molecule has 2 aliphatic rings. The molecule has 0 radical (unpaired) electrons. The summed E-state index contributed by atoms with van der Waals surface area (Å²) >= 11 is 7.36. The number of nitriles is 1. The summed E-state index contributed by atoms with van der Waals surface area (Å²) in [6, 6.07) is 14.8. The normalized spacial score (nSPS) is 16.6. The second-order valence-corrected chi connectivity index (χ2v) is 8.51. The zero-order valence-corrected chi connectivity index (χ0v) is 18.7. The van der Waals surface area contributed by atoms with Crippen LogP contribution < -0.4 is 9.47 Å². The quantitative estimate of drug-likeness (QED) is 0.368. The van der Waals surface area contributed by atoms with Crippen LogP contribution in [0.5, 0.6) is 11.5 Å². The number of allylic oxidation sites excluding steroid dienone is 1. The highest BCUT2D eigenvalue weighted by atomic mass is 35.5. The van der Waals surface area contributed by atoms with Crippen LogP contribution in [0, 0.1) is 11.3 Å². The number of piperazine rings is 1. The molecule has 160 valence electrons. The highest BCUT2D eigenvalue weighted by Gasteiger charge is 2.25. The first-order valence-corrected chi connectivity index (χ1v) is 11.5. The number of hydrogen-bond donors (Lipinski definition) is 0. The predicted molar refractivity (Wildman–Crippen MR) is 121 cm³/mol. The Labute approximate surface area is 191 Å². The van der Waals surface area contributed by atoms with Gasteiger partial charge in [0.1, 0.15) is 11.6 Å². The molecule has 0 saturated carbocycles. The largest absolute Gasteiger partial charge is 0.454 e. The van der Waals surface area contributed by atoms with Crippen molar-refractivity contribution >= 4 is 29.1 Å². The molecule has 1 fully saturated rings. The third-order valence-electron chi connectivity index (χ3n) is 5.36. The average Bonchev–Trinajstić information content (AvgIpc) is 3.26. The molecule has 2 heterocycles. The fourth-order valence-corrected chi connectivity index (χ4v) is 4.65. The van der Waals surface area contributed by atoms with E-state index in [1.165, 1.54) is 17.3 Å². The molecule has 0 spiro atoms. The minimum atomic E-state index is -0.272. The highest BCUT2D eigenvalue weighted by molar-refractivity contribution is 8.02. The van der Waals surface area contributed by atoms with Gasteiger partial charge in [0, 0.05) is 43.3 Å². The number of carbonyl (C=O) groups is 1. The average molecular weight is 456 g/mol. The second kappa shape index (κ2) is 9.65. The first-order chi connectivity index (χ1) is 15.1. The lowest BCUT2D eigenvalue weighted by molar-refractivity contribution is 0.103. The van der Waals surface area contributed by atoms with Crippen molar-refractivity contribution in [1.82, 2.24) is 9.80 Å². The summed E-state index contributed by atoms with van der Waals surface area (Å²) < 4.78 is 10.8. The van der Waals surface area contributed by atoms with Crippen molar-refractivity contribution in [3.8, 4) is 17.6 Å². The van der Waals surface area contributed by atoms with Gasteiger partial charge in [-0.05, 0) is 48.2 Å². The summed E-state index contributed by atoms with van der Waals surface area (Å²) in [6.45, 7) is 4.27. The smallest absolute Gasteiger partial charge is 0.231 e. The maximum absolute atomic E-state index is 12.9. The van der Waals surface area contributed by atoms with E-state index >= 15 is 0 Å². The lowest BCUT2D eigenvalue weighted by Gasteiger charge is -2.37. The third-order valence-corrected chi connectivity index (χ3v) is 6.46. The van der Waals surface area contributed by atoms with Crippen LogP contribution in [0.15, 0.2) is 53.1 Å². The number of thioether (sulfide) groups is 1. The van der Waals surface area contributed by atoms with Crippen LogP contribution in [-0.2, 0) is 6.54 Å². The fourth-order valence-electron chi connectivity index (χ4n) is 3.74. The maximum Gasteiger partial charge on any atom is 0.231 e. The van der Waals surface area contributed by atoms with Crippen molar-refractivity contribution < 1.29 is 14.3 Å². The van der Waals surface area contributed by atoms with Crippen molar-refractivity contribution in [1.29, 1.82) is 5.26 Å². The van der Waals surface area contributed by atoms with Crippen molar-refractivity contribution in [2.45, 2.75) is 6.54 Å². The molecule has 2 aromatic carbocycles. The number of ether oxygens (including phenoxy) is 2. The van der Waals surface area contributed by atoms with Gasteiger partial charge in [-0.3, -0.25) is 9.69 Å². The lowest BCUT2D eigenvalue weighted by atomic mass is 10.0. The SMILES string of the molecule is CS/C(=C(/C#N)C(=O)c1ccc(Cl)cc1)N1CCN(Cc2ccc3c(c2)OCO3)CC1. The van der Waals surface area contributed by atoms with Gasteiger partial charge in [-0.15, -0.1) is 11.8 Å². The Hall–Kier alpha value is -2.66. The van der Waals surface area contributed by atoms with Gasteiger partial charge in [0.05, 0.1) is 5.03 Å². The number of rotatable bonds is 6. The van der Waals surface area contributed by atoms with Crippen LogP contribution in [0.25, 0.3) is 0 Å². The number of fused-ring (bicyclic) bond motifs is 1. The summed E-state index contributed by atoms with van der Waals surface area (Å²) in [5.41, 5.74) is 1.82. The van der Waals surface area contributed by atoms with E-state index in [1.807, 2.05) is 18.4 Å². The molecule has 0 atom stereocenters. The third kappa shape index (κ3) is 4.82. The summed E-state index contributed by atoms with van der Waals surface area (Å²) in [5.74, 6) is 1.31. The Kier molecular flexibility index (Phi) is 6.71. The molecule has 0 N–H and O–H groups in total. The number of halogens is 1. The molecule has 0 amide bonds. The molecule has 31 heavy (non-hydrogen) atoms. The van der Waals surface area contributed by atoms with Crippen molar-refractivity contribution in [3.63, 3.8) is 0 Å². The van der Waals surface area contributed by atoms with Gasteiger partial charge in [-0.25, -0.2) is 0 Å². The van der Waals surface area contributed by atoms with E-state index < -0.39 is 0 Å². The van der Waals surface area contributed by atoms with E-state index in [9.17, 15) is 10.1 Å².